The van der Waals surface area contributed by atoms with Gasteiger partial charge in [0, 0.05) is 37.4 Å². The summed E-state index contributed by atoms with van der Waals surface area (Å²) in [6, 6.07) is 7.89. The third kappa shape index (κ3) is 3.47. The molecule has 21 heavy (non-hydrogen) atoms. The van der Waals surface area contributed by atoms with E-state index in [-0.39, 0.29) is 5.91 Å². The summed E-state index contributed by atoms with van der Waals surface area (Å²) < 4.78 is 5.60. The van der Waals surface area contributed by atoms with Crippen LogP contribution in [-0.2, 0) is 4.79 Å². The monoisotopic (exact) mass is 289 g/mol. The lowest BCUT2D eigenvalue weighted by Gasteiger charge is -2.37. The number of piperazine rings is 1. The molecule has 0 aliphatic carbocycles. The molecule has 1 amide bonds. The van der Waals surface area contributed by atoms with Gasteiger partial charge < -0.3 is 15.4 Å². The molecule has 0 spiro atoms. The fourth-order valence-corrected chi connectivity index (χ4v) is 3.24. The molecule has 2 aliphatic rings. The van der Waals surface area contributed by atoms with Crippen molar-refractivity contribution in [3.05, 3.63) is 24.3 Å². The van der Waals surface area contributed by atoms with Gasteiger partial charge in [-0.15, -0.1) is 0 Å². The van der Waals surface area contributed by atoms with Crippen LogP contribution in [0.25, 0.3) is 0 Å². The Morgan fingerprint density at radius 3 is 3.10 bits per heavy atom. The lowest BCUT2D eigenvalue weighted by Crippen LogP contribution is -2.52. The Morgan fingerprint density at radius 2 is 2.24 bits per heavy atom. The number of nitrogen functional groups attached to an aromatic ring is 1. The molecule has 0 saturated carbocycles. The van der Waals surface area contributed by atoms with Gasteiger partial charge in [-0.1, -0.05) is 6.07 Å². The van der Waals surface area contributed by atoms with Crippen LogP contribution in [0.5, 0.6) is 5.75 Å². The lowest BCUT2D eigenvalue weighted by atomic mass is 10.1. The summed E-state index contributed by atoms with van der Waals surface area (Å²) in [4.78, 5) is 16.7. The normalized spacial score (nSPS) is 22.1. The van der Waals surface area contributed by atoms with Crippen molar-refractivity contribution < 1.29 is 9.53 Å². The largest absolute Gasteiger partial charge is 0.493 e. The van der Waals surface area contributed by atoms with Gasteiger partial charge in [-0.3, -0.25) is 9.69 Å². The van der Waals surface area contributed by atoms with Gasteiger partial charge in [-0.05, 0) is 31.5 Å². The van der Waals surface area contributed by atoms with E-state index in [9.17, 15) is 4.79 Å². The second kappa shape index (κ2) is 6.35. The zero-order valence-electron chi connectivity index (χ0n) is 12.3. The quantitative estimate of drug-likeness (QED) is 0.850. The predicted octanol–water partition coefficient (Wildman–Crippen LogP) is 1.34. The van der Waals surface area contributed by atoms with E-state index in [0.717, 1.165) is 25.4 Å². The molecule has 3 rings (SSSR count). The van der Waals surface area contributed by atoms with Crippen LogP contribution in [0.15, 0.2) is 24.3 Å². The number of benzene rings is 1. The SMILES string of the molecule is Nc1cccc(OCCC(=O)N2CCN3CCCC3C2)c1. The highest BCUT2D eigenvalue weighted by Gasteiger charge is 2.32. The van der Waals surface area contributed by atoms with E-state index in [1.165, 1.54) is 19.4 Å². The third-order valence-corrected chi connectivity index (χ3v) is 4.38. The number of carbonyl (C=O) groups is 1. The van der Waals surface area contributed by atoms with Crippen molar-refractivity contribution in [2.24, 2.45) is 0 Å². The Morgan fingerprint density at radius 1 is 1.33 bits per heavy atom. The van der Waals surface area contributed by atoms with E-state index in [4.69, 9.17) is 10.5 Å². The first kappa shape index (κ1) is 14.2. The number of fused-ring (bicyclic) bond motifs is 1. The number of amides is 1. The number of rotatable bonds is 4. The number of hydrogen-bond donors (Lipinski definition) is 1. The van der Waals surface area contributed by atoms with Crippen LogP contribution in [0.1, 0.15) is 19.3 Å². The van der Waals surface area contributed by atoms with E-state index in [1.54, 1.807) is 6.07 Å². The summed E-state index contributed by atoms with van der Waals surface area (Å²) in [7, 11) is 0. The van der Waals surface area contributed by atoms with Crippen molar-refractivity contribution in [3.8, 4) is 5.75 Å². The summed E-state index contributed by atoms with van der Waals surface area (Å²) in [6.45, 7) is 4.37. The van der Waals surface area contributed by atoms with Crippen molar-refractivity contribution in [3.63, 3.8) is 0 Å². The number of carbonyl (C=O) groups excluding carboxylic acids is 1. The Hall–Kier alpha value is -1.75. The minimum absolute atomic E-state index is 0.199. The van der Waals surface area contributed by atoms with E-state index in [0.29, 0.717) is 24.8 Å². The molecule has 1 aromatic rings. The summed E-state index contributed by atoms with van der Waals surface area (Å²) >= 11 is 0. The molecule has 0 aromatic heterocycles. The van der Waals surface area contributed by atoms with Crippen LogP contribution in [-0.4, -0.2) is 54.5 Å². The summed E-state index contributed by atoms with van der Waals surface area (Å²) in [5.41, 5.74) is 6.37. The van der Waals surface area contributed by atoms with Crippen LogP contribution >= 0.6 is 0 Å². The molecule has 1 atom stereocenters. The van der Waals surface area contributed by atoms with Crippen LogP contribution in [0.3, 0.4) is 0 Å². The predicted molar refractivity (Wildman–Crippen MR) is 82.1 cm³/mol. The maximum Gasteiger partial charge on any atom is 0.226 e. The third-order valence-electron chi connectivity index (χ3n) is 4.38. The fraction of sp³-hybridized carbons (Fsp3) is 0.562. The highest BCUT2D eigenvalue weighted by molar-refractivity contribution is 5.76. The number of hydrogen-bond acceptors (Lipinski definition) is 4. The van der Waals surface area contributed by atoms with Crippen molar-refractivity contribution in [2.75, 3.05) is 38.5 Å². The van der Waals surface area contributed by atoms with Crippen LogP contribution < -0.4 is 10.5 Å². The molecule has 0 radical (unpaired) electrons. The van der Waals surface area contributed by atoms with Crippen molar-refractivity contribution >= 4 is 11.6 Å². The second-order valence-corrected chi connectivity index (χ2v) is 5.84. The number of nitrogens with zero attached hydrogens (tertiary/aromatic N) is 2. The first-order valence-electron chi connectivity index (χ1n) is 7.72. The zero-order chi connectivity index (χ0) is 14.7. The molecule has 0 bridgehead atoms. The minimum atomic E-state index is 0.199. The average Bonchev–Trinajstić information content (AvgIpc) is 2.94. The Kier molecular flexibility index (Phi) is 4.29. The zero-order valence-corrected chi connectivity index (χ0v) is 12.3. The molecule has 2 fully saturated rings. The molecule has 1 unspecified atom stereocenters. The van der Waals surface area contributed by atoms with Gasteiger partial charge in [-0.2, -0.15) is 0 Å². The second-order valence-electron chi connectivity index (χ2n) is 5.84. The summed E-state index contributed by atoms with van der Waals surface area (Å²) in [5, 5.41) is 0. The summed E-state index contributed by atoms with van der Waals surface area (Å²) in [6.07, 6.45) is 2.93. The van der Waals surface area contributed by atoms with Crippen LogP contribution in [0.4, 0.5) is 5.69 Å². The van der Waals surface area contributed by atoms with E-state index in [2.05, 4.69) is 4.90 Å². The van der Waals surface area contributed by atoms with Crippen LogP contribution in [0, 0.1) is 0 Å². The van der Waals surface area contributed by atoms with E-state index in [1.807, 2.05) is 23.1 Å². The Balaban J connectivity index is 1.44. The van der Waals surface area contributed by atoms with Crippen LogP contribution in [0.2, 0.25) is 0 Å². The van der Waals surface area contributed by atoms with Gasteiger partial charge >= 0.3 is 0 Å². The van der Waals surface area contributed by atoms with Gasteiger partial charge in [0.2, 0.25) is 5.91 Å². The van der Waals surface area contributed by atoms with Crippen molar-refractivity contribution in [1.29, 1.82) is 0 Å². The average molecular weight is 289 g/mol. The standard InChI is InChI=1S/C16H23N3O2/c17-13-3-1-5-15(11-13)21-10-6-16(20)19-9-8-18-7-2-4-14(18)12-19/h1,3,5,11,14H,2,4,6-10,12,17H2. The van der Waals surface area contributed by atoms with Gasteiger partial charge in [0.25, 0.3) is 0 Å². The highest BCUT2D eigenvalue weighted by Crippen LogP contribution is 2.22. The molecule has 2 saturated heterocycles. The van der Waals surface area contributed by atoms with Crippen molar-refractivity contribution in [1.82, 2.24) is 9.80 Å². The summed E-state index contributed by atoms with van der Waals surface area (Å²) in [5.74, 6) is 0.925. The van der Waals surface area contributed by atoms with E-state index < -0.39 is 0 Å². The first-order chi connectivity index (χ1) is 10.2. The van der Waals surface area contributed by atoms with E-state index >= 15 is 0 Å². The smallest absolute Gasteiger partial charge is 0.226 e. The number of anilines is 1. The Bertz CT molecular complexity index is 506. The topological polar surface area (TPSA) is 58.8 Å². The van der Waals surface area contributed by atoms with Crippen molar-refractivity contribution in [2.45, 2.75) is 25.3 Å². The molecule has 114 valence electrons. The lowest BCUT2D eigenvalue weighted by molar-refractivity contribution is -0.134. The maximum absolute atomic E-state index is 12.2. The minimum Gasteiger partial charge on any atom is -0.493 e. The number of nitrogens with two attached hydrogens (primary N) is 1. The molecule has 2 aliphatic heterocycles. The molecular weight excluding hydrogens is 266 g/mol. The van der Waals surface area contributed by atoms with Gasteiger partial charge in [0.1, 0.15) is 5.75 Å². The highest BCUT2D eigenvalue weighted by atomic mass is 16.5. The van der Waals surface area contributed by atoms with Gasteiger partial charge in [0.05, 0.1) is 13.0 Å². The molecule has 5 heteroatoms. The van der Waals surface area contributed by atoms with Gasteiger partial charge in [0.15, 0.2) is 0 Å². The molecule has 5 nitrogen and oxygen atoms in total. The Labute approximate surface area is 125 Å². The number of ether oxygens (including phenoxy) is 1. The first-order valence-corrected chi connectivity index (χ1v) is 7.72. The molecular formula is C16H23N3O2. The maximum atomic E-state index is 12.2. The van der Waals surface area contributed by atoms with Gasteiger partial charge in [-0.25, -0.2) is 0 Å². The molecule has 2 N–H and O–H groups in total. The fourth-order valence-electron chi connectivity index (χ4n) is 3.24. The molecule has 2 heterocycles. The molecule has 1 aromatic carbocycles.